The molecular formula is C14H12N4O2. The van der Waals surface area contributed by atoms with Crippen LogP contribution in [0.2, 0.25) is 0 Å². The second kappa shape index (κ2) is 4.38. The lowest BCUT2D eigenvalue weighted by Crippen LogP contribution is -2.22. The monoisotopic (exact) mass is 268 g/mol. The van der Waals surface area contributed by atoms with Crippen molar-refractivity contribution in [3.63, 3.8) is 0 Å². The Hall–Kier alpha value is -2.81. The first-order valence-corrected chi connectivity index (χ1v) is 6.20. The van der Waals surface area contributed by atoms with Gasteiger partial charge in [-0.05, 0) is 12.0 Å². The highest BCUT2D eigenvalue weighted by Crippen LogP contribution is 2.26. The molecule has 0 aliphatic heterocycles. The molecular weight excluding hydrogens is 256 g/mol. The van der Waals surface area contributed by atoms with E-state index in [0.29, 0.717) is 22.5 Å². The van der Waals surface area contributed by atoms with Crippen LogP contribution >= 0.6 is 0 Å². The molecule has 0 unspecified atom stereocenters. The van der Waals surface area contributed by atoms with Gasteiger partial charge in [-0.15, -0.1) is 0 Å². The maximum absolute atomic E-state index is 12.6. The Labute approximate surface area is 114 Å². The average molecular weight is 268 g/mol. The van der Waals surface area contributed by atoms with E-state index in [4.69, 9.17) is 9.68 Å². The molecule has 0 aliphatic carbocycles. The zero-order valence-electron chi connectivity index (χ0n) is 11.0. The van der Waals surface area contributed by atoms with Crippen LogP contribution in [0.15, 0.2) is 34.0 Å². The molecule has 3 aromatic rings. The van der Waals surface area contributed by atoms with E-state index >= 15 is 0 Å². The van der Waals surface area contributed by atoms with Crippen LogP contribution in [-0.2, 0) is 0 Å². The number of furan rings is 1. The number of aromatic amines is 1. The molecule has 0 amide bonds. The molecule has 0 saturated heterocycles. The van der Waals surface area contributed by atoms with Crippen molar-refractivity contribution in [2.75, 3.05) is 0 Å². The maximum Gasteiger partial charge on any atom is 0.276 e. The number of fused-ring (bicyclic) bond motifs is 1. The number of hydrogen-bond acceptors (Lipinski definition) is 4. The van der Waals surface area contributed by atoms with Gasteiger partial charge in [0.25, 0.3) is 5.56 Å². The van der Waals surface area contributed by atoms with Crippen LogP contribution in [0.1, 0.15) is 30.9 Å². The molecule has 0 aliphatic rings. The summed E-state index contributed by atoms with van der Waals surface area (Å²) in [5.41, 5.74) is 2.37. The van der Waals surface area contributed by atoms with E-state index in [1.54, 1.807) is 12.3 Å². The molecule has 3 rings (SSSR count). The lowest BCUT2D eigenvalue weighted by Gasteiger charge is -2.10. The molecule has 0 bridgehead atoms. The third-order valence-electron chi connectivity index (χ3n) is 3.19. The van der Waals surface area contributed by atoms with E-state index in [-0.39, 0.29) is 11.5 Å². The van der Waals surface area contributed by atoms with Crippen LogP contribution in [-0.4, -0.2) is 14.6 Å². The minimum absolute atomic E-state index is 0.00522. The SMILES string of the molecule is CC(C)c1c(-c2ccoc2)nc2c(C#N)c[nH]n2c1=O. The zero-order valence-corrected chi connectivity index (χ0v) is 11.0. The Morgan fingerprint density at radius 2 is 2.30 bits per heavy atom. The fourth-order valence-electron chi connectivity index (χ4n) is 2.25. The first-order valence-electron chi connectivity index (χ1n) is 6.20. The van der Waals surface area contributed by atoms with Crippen LogP contribution in [0.3, 0.4) is 0 Å². The molecule has 0 saturated carbocycles. The van der Waals surface area contributed by atoms with Crippen molar-refractivity contribution in [3.05, 3.63) is 46.3 Å². The Morgan fingerprint density at radius 1 is 1.50 bits per heavy atom. The number of rotatable bonds is 2. The van der Waals surface area contributed by atoms with E-state index < -0.39 is 0 Å². The van der Waals surface area contributed by atoms with Crippen molar-refractivity contribution in [2.45, 2.75) is 19.8 Å². The second-order valence-electron chi connectivity index (χ2n) is 4.80. The van der Waals surface area contributed by atoms with E-state index in [2.05, 4.69) is 10.1 Å². The number of nitrogens with zero attached hydrogens (tertiary/aromatic N) is 3. The van der Waals surface area contributed by atoms with Gasteiger partial charge in [0.1, 0.15) is 11.6 Å². The molecule has 3 heterocycles. The topological polar surface area (TPSA) is 87.1 Å². The number of H-pyrrole nitrogens is 1. The summed E-state index contributed by atoms with van der Waals surface area (Å²) in [6, 6.07) is 3.77. The van der Waals surface area contributed by atoms with Crippen molar-refractivity contribution >= 4 is 5.65 Å². The molecule has 20 heavy (non-hydrogen) atoms. The Kier molecular flexibility index (Phi) is 2.68. The van der Waals surface area contributed by atoms with Gasteiger partial charge >= 0.3 is 0 Å². The molecule has 1 N–H and O–H groups in total. The minimum Gasteiger partial charge on any atom is -0.472 e. The average Bonchev–Trinajstić information content (AvgIpc) is 3.07. The molecule has 0 fully saturated rings. The Bertz CT molecular complexity index is 863. The van der Waals surface area contributed by atoms with Crippen LogP contribution in [0.5, 0.6) is 0 Å². The first-order chi connectivity index (χ1) is 9.63. The smallest absolute Gasteiger partial charge is 0.276 e. The van der Waals surface area contributed by atoms with Gasteiger partial charge in [0.2, 0.25) is 0 Å². The lowest BCUT2D eigenvalue weighted by molar-refractivity contribution is 0.568. The van der Waals surface area contributed by atoms with Gasteiger partial charge in [-0.25, -0.2) is 9.50 Å². The lowest BCUT2D eigenvalue weighted by atomic mass is 10.00. The third-order valence-corrected chi connectivity index (χ3v) is 3.19. The van der Waals surface area contributed by atoms with Crippen LogP contribution in [0.25, 0.3) is 16.9 Å². The molecule has 100 valence electrons. The number of nitriles is 1. The van der Waals surface area contributed by atoms with Gasteiger partial charge < -0.3 is 4.42 Å². The summed E-state index contributed by atoms with van der Waals surface area (Å²) in [7, 11) is 0. The highest BCUT2D eigenvalue weighted by Gasteiger charge is 2.20. The summed E-state index contributed by atoms with van der Waals surface area (Å²) in [6.45, 7) is 3.87. The largest absolute Gasteiger partial charge is 0.472 e. The molecule has 3 aromatic heterocycles. The van der Waals surface area contributed by atoms with E-state index in [1.807, 2.05) is 19.9 Å². The van der Waals surface area contributed by atoms with Gasteiger partial charge in [-0.1, -0.05) is 13.8 Å². The van der Waals surface area contributed by atoms with Crippen LogP contribution in [0, 0.1) is 11.3 Å². The number of hydrogen-bond donors (Lipinski definition) is 1. The van der Waals surface area contributed by atoms with Gasteiger partial charge in [0.15, 0.2) is 5.65 Å². The van der Waals surface area contributed by atoms with Crippen molar-refractivity contribution < 1.29 is 4.42 Å². The first kappa shape index (κ1) is 12.2. The van der Waals surface area contributed by atoms with E-state index in [9.17, 15) is 4.79 Å². The molecule has 0 atom stereocenters. The fraction of sp³-hybridized carbons (Fsp3) is 0.214. The number of aromatic nitrogens is 3. The van der Waals surface area contributed by atoms with E-state index in [0.717, 1.165) is 5.56 Å². The maximum atomic E-state index is 12.6. The molecule has 6 heteroatoms. The van der Waals surface area contributed by atoms with Gasteiger partial charge in [0, 0.05) is 17.3 Å². The van der Waals surface area contributed by atoms with Crippen LogP contribution in [0.4, 0.5) is 0 Å². The summed E-state index contributed by atoms with van der Waals surface area (Å²) >= 11 is 0. The molecule has 6 nitrogen and oxygen atoms in total. The quantitative estimate of drug-likeness (QED) is 0.772. The molecule has 0 spiro atoms. The van der Waals surface area contributed by atoms with Crippen molar-refractivity contribution in [2.24, 2.45) is 0 Å². The van der Waals surface area contributed by atoms with Crippen LogP contribution < -0.4 is 5.56 Å². The van der Waals surface area contributed by atoms with Gasteiger partial charge in [0.05, 0.1) is 18.2 Å². The molecule has 0 radical (unpaired) electrons. The predicted molar refractivity (Wildman–Crippen MR) is 72.3 cm³/mol. The summed E-state index contributed by atoms with van der Waals surface area (Å²) in [5.74, 6) is 0.00522. The Morgan fingerprint density at radius 3 is 2.90 bits per heavy atom. The predicted octanol–water partition coefficient (Wildman–Crippen LogP) is 2.28. The third kappa shape index (κ3) is 1.64. The standard InChI is InChI=1S/C14H12N4O2/c1-8(2)11-12(9-3-4-20-7-9)17-13-10(5-15)6-16-18(13)14(11)19/h3-4,6-8,16H,1-2H3. The van der Waals surface area contributed by atoms with Gasteiger partial charge in [-0.2, -0.15) is 5.26 Å². The second-order valence-corrected chi connectivity index (χ2v) is 4.80. The highest BCUT2D eigenvalue weighted by atomic mass is 16.3. The highest BCUT2D eigenvalue weighted by molar-refractivity contribution is 5.67. The molecule has 0 aromatic carbocycles. The summed E-state index contributed by atoms with van der Waals surface area (Å²) in [6.07, 6.45) is 4.56. The minimum atomic E-state index is -0.192. The summed E-state index contributed by atoms with van der Waals surface area (Å²) < 4.78 is 6.38. The summed E-state index contributed by atoms with van der Waals surface area (Å²) in [5, 5.41) is 11.8. The van der Waals surface area contributed by atoms with E-state index in [1.165, 1.54) is 17.0 Å². The van der Waals surface area contributed by atoms with Gasteiger partial charge in [-0.3, -0.25) is 9.89 Å². The Balaban J connectivity index is 2.46. The number of nitrogens with one attached hydrogen (secondary N) is 1. The van der Waals surface area contributed by atoms with Crippen molar-refractivity contribution in [1.29, 1.82) is 5.26 Å². The summed E-state index contributed by atoms with van der Waals surface area (Å²) in [4.78, 5) is 17.0. The fourth-order valence-corrected chi connectivity index (χ4v) is 2.25. The van der Waals surface area contributed by atoms with Crippen molar-refractivity contribution in [1.82, 2.24) is 14.6 Å². The zero-order chi connectivity index (χ0) is 14.3. The van der Waals surface area contributed by atoms with Crippen molar-refractivity contribution in [3.8, 4) is 17.3 Å². The normalized spacial score (nSPS) is 11.1.